The highest BCUT2D eigenvalue weighted by Gasteiger charge is 2.37. The van der Waals surface area contributed by atoms with Gasteiger partial charge in [0, 0.05) is 28.3 Å². The van der Waals surface area contributed by atoms with E-state index < -0.39 is 5.91 Å². The fourth-order valence-electron chi connectivity index (χ4n) is 3.52. The number of nitrogens with zero attached hydrogens (tertiary/aromatic N) is 3. The molecule has 0 amide bonds. The first kappa shape index (κ1) is 19.8. The molecule has 2 aromatic carbocycles. The molecule has 1 saturated heterocycles. The molecule has 6 nitrogen and oxygen atoms in total. The van der Waals surface area contributed by atoms with Crippen LogP contribution in [-0.4, -0.2) is 46.3 Å². The van der Waals surface area contributed by atoms with Crippen LogP contribution in [-0.2, 0) is 0 Å². The molecule has 0 unspecified atom stereocenters. The van der Waals surface area contributed by atoms with Crippen LogP contribution in [0.3, 0.4) is 0 Å². The van der Waals surface area contributed by atoms with Gasteiger partial charge in [-0.05, 0) is 41.3 Å². The van der Waals surface area contributed by atoms with Crippen LogP contribution in [0.15, 0.2) is 42.5 Å². The molecule has 1 aromatic heterocycles. The Morgan fingerprint density at radius 1 is 1.24 bits per heavy atom. The Morgan fingerprint density at radius 3 is 2.76 bits per heavy atom. The van der Waals surface area contributed by atoms with E-state index in [1.807, 2.05) is 24.3 Å². The summed E-state index contributed by atoms with van der Waals surface area (Å²) < 4.78 is 5.39. The van der Waals surface area contributed by atoms with Crippen molar-refractivity contribution in [2.24, 2.45) is 0 Å². The number of pyridine rings is 1. The van der Waals surface area contributed by atoms with Crippen LogP contribution in [0.25, 0.3) is 21.9 Å². The minimum absolute atomic E-state index is 0.129. The van der Waals surface area contributed by atoms with E-state index in [1.165, 1.54) is 16.7 Å². The number of thioether (sulfide) groups is 1. The summed E-state index contributed by atoms with van der Waals surface area (Å²) in [6.45, 7) is 0.396. The summed E-state index contributed by atoms with van der Waals surface area (Å²) in [5, 5.41) is 32.9. The fourth-order valence-corrected chi connectivity index (χ4v) is 4.60. The maximum Gasteiger partial charge on any atom is 0.257 e. The summed E-state index contributed by atoms with van der Waals surface area (Å²) in [7, 11) is 1.57. The molecule has 0 saturated carbocycles. The van der Waals surface area contributed by atoms with E-state index in [4.69, 9.17) is 16.3 Å². The van der Waals surface area contributed by atoms with Gasteiger partial charge in [0.15, 0.2) is 5.69 Å². The van der Waals surface area contributed by atoms with Crippen molar-refractivity contribution >= 4 is 40.0 Å². The normalized spacial score (nSPS) is 15.9. The SMILES string of the molecule is COc1ccc2c(N3CCSCC3(O)O)nc(C#N)c(-c3cccc(Cl)c3)c2c1. The van der Waals surface area contributed by atoms with Crippen LogP contribution < -0.4 is 9.64 Å². The van der Waals surface area contributed by atoms with E-state index in [1.54, 1.807) is 25.3 Å². The van der Waals surface area contributed by atoms with E-state index >= 15 is 0 Å². The van der Waals surface area contributed by atoms with E-state index in [0.29, 0.717) is 34.1 Å². The number of benzene rings is 2. The van der Waals surface area contributed by atoms with Gasteiger partial charge in [-0.2, -0.15) is 17.0 Å². The Hall–Kier alpha value is -2.50. The number of aromatic nitrogens is 1. The summed E-state index contributed by atoms with van der Waals surface area (Å²) in [5.74, 6) is -0.220. The van der Waals surface area contributed by atoms with Crippen LogP contribution in [0.1, 0.15) is 5.69 Å². The summed E-state index contributed by atoms with van der Waals surface area (Å²) in [5.41, 5.74) is 1.55. The standard InChI is InChI=1S/C21H18ClN3O3S/c1-28-15-5-6-16-17(10-15)19(13-3-2-4-14(22)9-13)18(11-23)24-20(16)25-7-8-29-12-21(25,26)27/h2-6,9-10,26-27H,7-8,12H2,1H3. The Labute approximate surface area is 177 Å². The molecule has 2 N–H and O–H groups in total. The summed E-state index contributed by atoms with van der Waals surface area (Å²) in [4.78, 5) is 6.00. The summed E-state index contributed by atoms with van der Waals surface area (Å²) in [6, 6.07) is 14.8. The second-order valence-corrected chi connectivity index (χ2v) is 8.21. The molecule has 4 rings (SSSR count). The first-order valence-electron chi connectivity index (χ1n) is 8.92. The maximum absolute atomic E-state index is 10.5. The van der Waals surface area contributed by atoms with Crippen molar-refractivity contribution in [2.45, 2.75) is 5.91 Å². The number of fused-ring (bicyclic) bond motifs is 1. The predicted molar refractivity (Wildman–Crippen MR) is 115 cm³/mol. The quantitative estimate of drug-likeness (QED) is 0.617. The highest BCUT2D eigenvalue weighted by molar-refractivity contribution is 7.99. The Bertz CT molecular complexity index is 1130. The molecule has 1 fully saturated rings. The molecule has 0 radical (unpaired) electrons. The van der Waals surface area contributed by atoms with Crippen molar-refractivity contribution in [1.82, 2.24) is 4.98 Å². The number of nitriles is 1. The lowest BCUT2D eigenvalue weighted by Crippen LogP contribution is -2.55. The van der Waals surface area contributed by atoms with E-state index in [9.17, 15) is 15.5 Å². The highest BCUT2D eigenvalue weighted by atomic mass is 35.5. The first-order valence-corrected chi connectivity index (χ1v) is 10.5. The zero-order chi connectivity index (χ0) is 20.6. The van der Waals surface area contributed by atoms with Gasteiger partial charge in [-0.15, -0.1) is 0 Å². The highest BCUT2D eigenvalue weighted by Crippen LogP contribution is 2.40. The Morgan fingerprint density at radius 2 is 2.07 bits per heavy atom. The number of methoxy groups -OCH3 is 1. The van der Waals surface area contributed by atoms with E-state index in [2.05, 4.69) is 11.1 Å². The third-order valence-corrected chi connectivity index (χ3v) is 6.15. The van der Waals surface area contributed by atoms with E-state index in [0.717, 1.165) is 16.7 Å². The molecule has 29 heavy (non-hydrogen) atoms. The van der Waals surface area contributed by atoms with Crippen molar-refractivity contribution in [3.05, 3.63) is 53.2 Å². The smallest absolute Gasteiger partial charge is 0.257 e. The molecule has 0 spiro atoms. The lowest BCUT2D eigenvalue weighted by Gasteiger charge is -2.40. The molecular formula is C21H18ClN3O3S. The summed E-state index contributed by atoms with van der Waals surface area (Å²) >= 11 is 7.64. The zero-order valence-electron chi connectivity index (χ0n) is 15.6. The molecular weight excluding hydrogens is 410 g/mol. The van der Waals surface area contributed by atoms with Gasteiger partial charge < -0.3 is 19.8 Å². The lowest BCUT2D eigenvalue weighted by atomic mass is 9.96. The molecule has 8 heteroatoms. The van der Waals surface area contributed by atoms with Crippen LogP contribution in [0, 0.1) is 11.3 Å². The van der Waals surface area contributed by atoms with Crippen LogP contribution in [0.4, 0.5) is 5.82 Å². The molecule has 1 aliphatic heterocycles. The number of aliphatic hydroxyl groups is 2. The van der Waals surface area contributed by atoms with Gasteiger partial charge >= 0.3 is 0 Å². The van der Waals surface area contributed by atoms with Crippen LogP contribution in [0.2, 0.25) is 5.02 Å². The molecule has 0 bridgehead atoms. The van der Waals surface area contributed by atoms with Crippen molar-refractivity contribution in [3.8, 4) is 22.9 Å². The van der Waals surface area contributed by atoms with Crippen molar-refractivity contribution < 1.29 is 14.9 Å². The molecule has 1 aliphatic rings. The van der Waals surface area contributed by atoms with Crippen molar-refractivity contribution in [1.29, 1.82) is 5.26 Å². The van der Waals surface area contributed by atoms with Gasteiger partial charge in [0.1, 0.15) is 17.6 Å². The van der Waals surface area contributed by atoms with Gasteiger partial charge in [-0.1, -0.05) is 23.7 Å². The van der Waals surface area contributed by atoms with Crippen LogP contribution >= 0.6 is 23.4 Å². The first-order chi connectivity index (χ1) is 13.9. The minimum atomic E-state index is -2.05. The zero-order valence-corrected chi connectivity index (χ0v) is 17.2. The monoisotopic (exact) mass is 427 g/mol. The largest absolute Gasteiger partial charge is 0.497 e. The van der Waals surface area contributed by atoms with Gasteiger partial charge in [0.25, 0.3) is 5.91 Å². The van der Waals surface area contributed by atoms with Crippen molar-refractivity contribution in [3.63, 3.8) is 0 Å². The summed E-state index contributed by atoms with van der Waals surface area (Å²) in [6.07, 6.45) is 0. The second-order valence-electron chi connectivity index (χ2n) is 6.67. The molecule has 0 aliphatic carbocycles. The Balaban J connectivity index is 2.06. The average Bonchev–Trinajstić information content (AvgIpc) is 2.72. The number of anilines is 1. The lowest BCUT2D eigenvalue weighted by molar-refractivity contribution is -0.141. The third kappa shape index (κ3) is 3.61. The number of hydrogen-bond donors (Lipinski definition) is 2. The minimum Gasteiger partial charge on any atom is -0.497 e. The van der Waals surface area contributed by atoms with Gasteiger partial charge in [0.2, 0.25) is 0 Å². The van der Waals surface area contributed by atoms with Crippen molar-refractivity contribution in [2.75, 3.05) is 30.1 Å². The maximum atomic E-state index is 10.5. The topological polar surface area (TPSA) is 89.6 Å². The molecule has 0 atom stereocenters. The number of rotatable bonds is 3. The predicted octanol–water partition coefficient (Wildman–Crippen LogP) is 3.63. The van der Waals surface area contributed by atoms with E-state index in [-0.39, 0.29) is 11.4 Å². The number of ether oxygens (including phenoxy) is 1. The molecule has 2 heterocycles. The number of hydrogen-bond acceptors (Lipinski definition) is 7. The van der Waals surface area contributed by atoms with Crippen LogP contribution in [0.5, 0.6) is 5.75 Å². The van der Waals surface area contributed by atoms with Gasteiger partial charge in [-0.25, -0.2) is 4.98 Å². The molecule has 3 aromatic rings. The molecule has 148 valence electrons. The second kappa shape index (κ2) is 7.73. The van der Waals surface area contributed by atoms with Gasteiger partial charge in [0.05, 0.1) is 12.9 Å². The van der Waals surface area contributed by atoms with Gasteiger partial charge in [-0.3, -0.25) is 0 Å². The fraction of sp³-hybridized carbons (Fsp3) is 0.238. The third-order valence-electron chi connectivity index (χ3n) is 4.85. The Kier molecular flexibility index (Phi) is 5.28. The average molecular weight is 428 g/mol. The number of halogens is 1.